The molecular formula is C14H12IN3OS. The molecule has 0 atom stereocenters. The van der Waals surface area contributed by atoms with Gasteiger partial charge < -0.3 is 10.1 Å². The van der Waals surface area contributed by atoms with E-state index in [0.29, 0.717) is 0 Å². The minimum Gasteiger partial charge on any atom is -0.497 e. The van der Waals surface area contributed by atoms with E-state index in [0.717, 1.165) is 28.3 Å². The maximum atomic E-state index is 5.15. The van der Waals surface area contributed by atoms with Gasteiger partial charge in [-0.15, -0.1) is 11.3 Å². The van der Waals surface area contributed by atoms with E-state index >= 15 is 0 Å². The summed E-state index contributed by atoms with van der Waals surface area (Å²) in [4.78, 5) is 8.61. The Morgan fingerprint density at radius 2 is 2.05 bits per heavy atom. The highest BCUT2D eigenvalue weighted by Crippen LogP contribution is 2.30. The molecule has 3 aromatic rings. The molecule has 4 nitrogen and oxygen atoms in total. The van der Waals surface area contributed by atoms with Gasteiger partial charge in [0.1, 0.15) is 17.9 Å². The molecule has 0 aliphatic rings. The molecular weight excluding hydrogens is 385 g/mol. The van der Waals surface area contributed by atoms with Gasteiger partial charge in [0.15, 0.2) is 0 Å². The van der Waals surface area contributed by atoms with Gasteiger partial charge >= 0.3 is 0 Å². The zero-order valence-electron chi connectivity index (χ0n) is 10.8. The number of hydrogen-bond donors (Lipinski definition) is 1. The monoisotopic (exact) mass is 397 g/mol. The predicted octanol–water partition coefficient (Wildman–Crippen LogP) is 3.92. The van der Waals surface area contributed by atoms with Crippen molar-refractivity contribution >= 4 is 50.0 Å². The van der Waals surface area contributed by atoms with E-state index in [1.54, 1.807) is 24.8 Å². The molecule has 0 saturated heterocycles. The average Bonchev–Trinajstić information content (AvgIpc) is 2.86. The van der Waals surface area contributed by atoms with Crippen LogP contribution in [0.1, 0.15) is 5.56 Å². The number of methoxy groups -OCH3 is 1. The molecule has 1 N–H and O–H groups in total. The average molecular weight is 397 g/mol. The molecule has 3 rings (SSSR count). The van der Waals surface area contributed by atoms with E-state index < -0.39 is 0 Å². The quantitative estimate of drug-likeness (QED) is 0.679. The lowest BCUT2D eigenvalue weighted by Crippen LogP contribution is -2.01. The fourth-order valence-electron chi connectivity index (χ4n) is 1.88. The summed E-state index contributed by atoms with van der Waals surface area (Å²) < 4.78 is 7.47. The molecule has 0 amide bonds. The van der Waals surface area contributed by atoms with E-state index in [-0.39, 0.29) is 0 Å². The highest BCUT2D eigenvalue weighted by atomic mass is 127. The third-order valence-corrected chi connectivity index (χ3v) is 4.79. The zero-order chi connectivity index (χ0) is 13.9. The number of ether oxygens (including phenoxy) is 1. The second kappa shape index (κ2) is 5.92. The third kappa shape index (κ3) is 2.85. The summed E-state index contributed by atoms with van der Waals surface area (Å²) in [5.41, 5.74) is 2.18. The maximum Gasteiger partial charge on any atom is 0.147 e. The van der Waals surface area contributed by atoms with Crippen molar-refractivity contribution in [3.63, 3.8) is 0 Å². The molecule has 0 aliphatic carbocycles. The van der Waals surface area contributed by atoms with Gasteiger partial charge in [-0.25, -0.2) is 9.97 Å². The molecule has 2 heterocycles. The Kier molecular flexibility index (Phi) is 4.02. The first-order chi connectivity index (χ1) is 9.76. The lowest BCUT2D eigenvalue weighted by molar-refractivity contribution is 0.414. The van der Waals surface area contributed by atoms with Crippen LogP contribution in [0, 0.1) is 2.88 Å². The molecule has 0 aliphatic heterocycles. The normalized spacial score (nSPS) is 10.7. The summed E-state index contributed by atoms with van der Waals surface area (Å²) in [7, 11) is 1.67. The van der Waals surface area contributed by atoms with Gasteiger partial charge in [-0.05, 0) is 46.4 Å². The Bertz CT molecular complexity index is 727. The summed E-state index contributed by atoms with van der Waals surface area (Å²) in [5.74, 6) is 1.75. The molecule has 0 unspecified atom stereocenters. The largest absolute Gasteiger partial charge is 0.497 e. The van der Waals surface area contributed by atoms with E-state index in [1.807, 2.05) is 24.3 Å². The number of aromatic nitrogens is 2. The topological polar surface area (TPSA) is 47.0 Å². The third-order valence-electron chi connectivity index (χ3n) is 2.90. The molecule has 1 aromatic carbocycles. The number of halogens is 1. The van der Waals surface area contributed by atoms with Crippen molar-refractivity contribution in [3.05, 3.63) is 45.1 Å². The Morgan fingerprint density at radius 1 is 1.25 bits per heavy atom. The number of benzene rings is 1. The number of hydrogen-bond acceptors (Lipinski definition) is 5. The lowest BCUT2D eigenvalue weighted by Gasteiger charge is -2.07. The maximum absolute atomic E-state index is 5.15. The lowest BCUT2D eigenvalue weighted by atomic mass is 10.2. The van der Waals surface area contributed by atoms with Crippen molar-refractivity contribution in [1.29, 1.82) is 0 Å². The van der Waals surface area contributed by atoms with Crippen LogP contribution in [-0.4, -0.2) is 17.1 Å². The molecule has 2 aromatic heterocycles. The Hall–Kier alpha value is -1.41. The first-order valence-electron chi connectivity index (χ1n) is 6.03. The number of anilines is 1. The minimum absolute atomic E-state index is 0.727. The van der Waals surface area contributed by atoms with Crippen LogP contribution in [0.25, 0.3) is 10.2 Å². The Labute approximate surface area is 134 Å². The fraction of sp³-hybridized carbons (Fsp3) is 0.143. The van der Waals surface area contributed by atoms with Crippen LogP contribution < -0.4 is 10.1 Å². The highest BCUT2D eigenvalue weighted by molar-refractivity contribution is 14.1. The molecule has 102 valence electrons. The number of thiophene rings is 1. The van der Waals surface area contributed by atoms with Gasteiger partial charge in [0, 0.05) is 6.54 Å². The zero-order valence-corrected chi connectivity index (χ0v) is 13.7. The van der Waals surface area contributed by atoms with Gasteiger partial charge in [0.05, 0.1) is 20.2 Å². The van der Waals surface area contributed by atoms with Crippen molar-refractivity contribution in [1.82, 2.24) is 9.97 Å². The van der Waals surface area contributed by atoms with Crippen molar-refractivity contribution in [2.75, 3.05) is 12.4 Å². The van der Waals surface area contributed by atoms with Gasteiger partial charge in [-0.2, -0.15) is 0 Å². The van der Waals surface area contributed by atoms with Crippen molar-refractivity contribution in [2.45, 2.75) is 6.54 Å². The van der Waals surface area contributed by atoms with E-state index in [4.69, 9.17) is 4.74 Å². The van der Waals surface area contributed by atoms with Crippen molar-refractivity contribution in [2.24, 2.45) is 0 Å². The van der Waals surface area contributed by atoms with E-state index in [1.165, 1.54) is 8.45 Å². The number of rotatable bonds is 4. The summed E-state index contributed by atoms with van der Waals surface area (Å²) in [6.07, 6.45) is 1.60. The SMILES string of the molecule is COc1ccc(CNc2ncnc3cc(I)sc23)cc1. The number of nitrogens with zero attached hydrogens (tertiary/aromatic N) is 2. The predicted molar refractivity (Wildman–Crippen MR) is 90.5 cm³/mol. The van der Waals surface area contributed by atoms with Crippen LogP contribution in [-0.2, 0) is 6.54 Å². The van der Waals surface area contributed by atoms with Crippen LogP contribution >= 0.6 is 33.9 Å². The molecule has 0 radical (unpaired) electrons. The highest BCUT2D eigenvalue weighted by Gasteiger charge is 2.07. The molecule has 6 heteroatoms. The van der Waals surface area contributed by atoms with Gasteiger partial charge in [0.25, 0.3) is 0 Å². The van der Waals surface area contributed by atoms with Crippen LogP contribution in [0.3, 0.4) is 0 Å². The molecule has 0 spiro atoms. The fourth-order valence-corrected chi connectivity index (χ4v) is 3.64. The second-order valence-corrected chi connectivity index (χ2v) is 7.14. The summed E-state index contributed by atoms with van der Waals surface area (Å²) >= 11 is 4.01. The minimum atomic E-state index is 0.727. The van der Waals surface area contributed by atoms with Crippen LogP contribution in [0.4, 0.5) is 5.82 Å². The number of fused-ring (bicyclic) bond motifs is 1. The van der Waals surface area contributed by atoms with Crippen LogP contribution in [0.15, 0.2) is 36.7 Å². The van der Waals surface area contributed by atoms with Gasteiger partial charge in [-0.3, -0.25) is 0 Å². The van der Waals surface area contributed by atoms with Crippen LogP contribution in [0.2, 0.25) is 0 Å². The molecule has 0 fully saturated rings. The van der Waals surface area contributed by atoms with Crippen molar-refractivity contribution < 1.29 is 4.74 Å². The summed E-state index contributed by atoms with van der Waals surface area (Å²) in [6, 6.07) is 10.1. The summed E-state index contributed by atoms with van der Waals surface area (Å²) in [6.45, 7) is 0.727. The molecule has 20 heavy (non-hydrogen) atoms. The van der Waals surface area contributed by atoms with Crippen LogP contribution in [0.5, 0.6) is 5.75 Å². The molecule has 0 saturated carbocycles. The smallest absolute Gasteiger partial charge is 0.147 e. The van der Waals surface area contributed by atoms with E-state index in [9.17, 15) is 0 Å². The number of nitrogens with one attached hydrogen (secondary N) is 1. The second-order valence-electron chi connectivity index (χ2n) is 4.19. The molecule has 0 bridgehead atoms. The van der Waals surface area contributed by atoms with E-state index in [2.05, 4.69) is 43.9 Å². The Morgan fingerprint density at radius 3 is 2.80 bits per heavy atom. The van der Waals surface area contributed by atoms with Gasteiger partial charge in [0.2, 0.25) is 0 Å². The first-order valence-corrected chi connectivity index (χ1v) is 7.92. The first kappa shape index (κ1) is 13.6. The van der Waals surface area contributed by atoms with Gasteiger partial charge in [-0.1, -0.05) is 12.1 Å². The standard InChI is InChI=1S/C14H12IN3OS/c1-19-10-4-2-9(3-5-10)7-16-14-13-11(17-8-18-14)6-12(15)20-13/h2-6,8H,7H2,1H3,(H,16,17,18). The summed E-state index contributed by atoms with van der Waals surface area (Å²) in [5, 5.41) is 3.37. The van der Waals surface area contributed by atoms with Crippen molar-refractivity contribution in [3.8, 4) is 5.75 Å². The Balaban J connectivity index is 1.79.